The van der Waals surface area contributed by atoms with Gasteiger partial charge in [0.25, 0.3) is 5.91 Å². The number of pyridine rings is 1. The highest BCUT2D eigenvalue weighted by Gasteiger charge is 2.38. The topological polar surface area (TPSA) is 71.5 Å². The summed E-state index contributed by atoms with van der Waals surface area (Å²) in [7, 11) is 0. The number of carbonyl (C=O) groups excluding carboxylic acids is 2. The van der Waals surface area contributed by atoms with Crippen LogP contribution in [0, 0.1) is 12.7 Å². The first-order valence-electron chi connectivity index (χ1n) is 16.0. The number of benzene rings is 4. The Bertz CT molecular complexity index is 2110. The first kappa shape index (κ1) is 30.8. The third kappa shape index (κ3) is 6.40. The van der Waals surface area contributed by atoms with Crippen LogP contribution in [0.4, 0.5) is 4.39 Å². The highest BCUT2D eigenvalue weighted by atomic mass is 19.1. The summed E-state index contributed by atoms with van der Waals surface area (Å²) >= 11 is 0. The van der Waals surface area contributed by atoms with Crippen LogP contribution in [-0.2, 0) is 27.4 Å². The van der Waals surface area contributed by atoms with Crippen molar-refractivity contribution in [2.75, 3.05) is 6.54 Å². The standard InChI is InChI=1S/C41H34FN3O3/c1-27-10-8-11-29(22-27)24-44-40(46)35-23-32-26-45(25-28-17-19-33(42)20-18-28)41(47)36(32)39(37-34(35)16-9-21-43-37)48-38(30-12-4-2-5-13-30)31-14-6-3-7-15-31/h2-22,38H,23-26H2,1H3,(H,44,46). The lowest BCUT2D eigenvalue weighted by molar-refractivity contribution is -0.125. The lowest BCUT2D eigenvalue weighted by Gasteiger charge is -2.23. The number of hydrogen-bond acceptors (Lipinski definition) is 4. The number of halogens is 1. The Labute approximate surface area is 278 Å². The van der Waals surface area contributed by atoms with Crippen molar-refractivity contribution < 1.29 is 18.7 Å². The van der Waals surface area contributed by atoms with Crippen LogP contribution in [0.5, 0.6) is 0 Å². The van der Waals surface area contributed by atoms with Gasteiger partial charge in [0.1, 0.15) is 17.3 Å². The van der Waals surface area contributed by atoms with Gasteiger partial charge in [0.05, 0.1) is 5.57 Å². The summed E-state index contributed by atoms with van der Waals surface area (Å²) in [5.74, 6) is -0.449. The maximum atomic E-state index is 14.4. The molecule has 5 aromatic rings. The molecule has 1 aliphatic heterocycles. The molecule has 0 spiro atoms. The summed E-state index contributed by atoms with van der Waals surface area (Å²) in [4.78, 5) is 34.9. The molecule has 238 valence electrons. The fraction of sp³-hybridized carbons (Fsp3) is 0.146. The summed E-state index contributed by atoms with van der Waals surface area (Å²) in [6.45, 7) is 2.95. The highest BCUT2D eigenvalue weighted by Crippen LogP contribution is 2.37. The number of amides is 2. The molecular weight excluding hydrogens is 601 g/mol. The molecule has 2 aliphatic rings. The van der Waals surface area contributed by atoms with Crippen LogP contribution in [0.2, 0.25) is 0 Å². The lowest BCUT2D eigenvalue weighted by Crippen LogP contribution is -2.38. The van der Waals surface area contributed by atoms with E-state index in [2.05, 4.69) is 5.32 Å². The van der Waals surface area contributed by atoms with Crippen molar-refractivity contribution >= 4 is 23.1 Å². The van der Waals surface area contributed by atoms with Gasteiger partial charge >= 0.3 is 0 Å². The maximum absolute atomic E-state index is 14.4. The summed E-state index contributed by atoms with van der Waals surface area (Å²) in [6, 6.07) is 37.6. The Morgan fingerprint density at radius 1 is 0.875 bits per heavy atom. The normalized spacial score (nSPS) is 14.1. The minimum atomic E-state index is -0.554. The van der Waals surface area contributed by atoms with Crippen LogP contribution in [-0.4, -0.2) is 28.2 Å². The number of rotatable bonds is 9. The van der Waals surface area contributed by atoms with Gasteiger partial charge in [0.15, 0.2) is 5.76 Å². The quantitative estimate of drug-likeness (QED) is 0.227. The summed E-state index contributed by atoms with van der Waals surface area (Å²) < 4.78 is 20.7. The molecule has 0 fully saturated rings. The van der Waals surface area contributed by atoms with E-state index >= 15 is 0 Å². The Morgan fingerprint density at radius 3 is 2.27 bits per heavy atom. The second kappa shape index (κ2) is 13.5. The number of ether oxygens (including phenoxy) is 1. The summed E-state index contributed by atoms with van der Waals surface area (Å²) in [5.41, 5.74) is 6.43. The zero-order chi connectivity index (χ0) is 33.0. The van der Waals surface area contributed by atoms with E-state index in [-0.39, 0.29) is 30.6 Å². The fourth-order valence-corrected chi connectivity index (χ4v) is 6.42. The van der Waals surface area contributed by atoms with Crippen molar-refractivity contribution in [2.45, 2.75) is 32.5 Å². The molecule has 0 bridgehead atoms. The summed E-state index contributed by atoms with van der Waals surface area (Å²) in [5, 5.41) is 4.18. The molecule has 4 aromatic carbocycles. The molecule has 0 saturated carbocycles. The zero-order valence-electron chi connectivity index (χ0n) is 26.5. The van der Waals surface area contributed by atoms with E-state index in [4.69, 9.17) is 9.72 Å². The number of hydrogen-bond donors (Lipinski definition) is 1. The van der Waals surface area contributed by atoms with E-state index in [0.717, 1.165) is 33.4 Å². The molecule has 1 N–H and O–H groups in total. The number of nitrogens with one attached hydrogen (secondary N) is 1. The monoisotopic (exact) mass is 635 g/mol. The molecule has 7 heteroatoms. The highest BCUT2D eigenvalue weighted by molar-refractivity contribution is 6.16. The molecule has 6 nitrogen and oxygen atoms in total. The smallest absolute Gasteiger partial charge is 0.258 e. The van der Waals surface area contributed by atoms with Gasteiger partial charge in [-0.25, -0.2) is 4.39 Å². The average molecular weight is 636 g/mol. The minimum Gasteiger partial charge on any atom is -0.478 e. The second-order valence-corrected chi connectivity index (χ2v) is 12.1. The first-order chi connectivity index (χ1) is 23.4. The molecule has 0 radical (unpaired) electrons. The zero-order valence-corrected chi connectivity index (χ0v) is 26.5. The molecule has 7 rings (SSSR count). The van der Waals surface area contributed by atoms with Gasteiger partial charge in [-0.05, 0) is 52.9 Å². The van der Waals surface area contributed by atoms with E-state index in [1.165, 1.54) is 12.1 Å². The second-order valence-electron chi connectivity index (χ2n) is 12.1. The predicted molar refractivity (Wildman–Crippen MR) is 183 cm³/mol. The molecule has 0 unspecified atom stereocenters. The third-order valence-electron chi connectivity index (χ3n) is 8.74. The van der Waals surface area contributed by atoms with E-state index in [1.807, 2.05) is 97.9 Å². The first-order valence-corrected chi connectivity index (χ1v) is 16.0. The van der Waals surface area contributed by atoms with Gasteiger partial charge < -0.3 is 15.0 Å². The number of nitrogens with zero attached hydrogens (tertiary/aromatic N) is 2. The third-order valence-corrected chi connectivity index (χ3v) is 8.74. The molecule has 1 aliphatic carbocycles. The summed E-state index contributed by atoms with van der Waals surface area (Å²) in [6.07, 6.45) is 1.35. The van der Waals surface area contributed by atoms with Crippen molar-refractivity contribution in [2.24, 2.45) is 0 Å². The van der Waals surface area contributed by atoms with Crippen molar-refractivity contribution in [3.63, 3.8) is 0 Å². The fourth-order valence-electron chi connectivity index (χ4n) is 6.42. The molecule has 48 heavy (non-hydrogen) atoms. The maximum Gasteiger partial charge on any atom is 0.258 e. The van der Waals surface area contributed by atoms with Gasteiger partial charge in [-0.1, -0.05) is 109 Å². The van der Waals surface area contributed by atoms with Gasteiger partial charge in [-0.2, -0.15) is 0 Å². The van der Waals surface area contributed by atoms with Crippen molar-refractivity contribution in [3.05, 3.63) is 183 Å². The van der Waals surface area contributed by atoms with Crippen molar-refractivity contribution in [1.29, 1.82) is 0 Å². The predicted octanol–water partition coefficient (Wildman–Crippen LogP) is 5.65. The molecule has 0 atom stereocenters. The van der Waals surface area contributed by atoms with Crippen LogP contribution in [0.15, 0.2) is 139 Å². The SMILES string of the molecule is Cc1cccc(CNC(=O)C2=c3cccnc3=C(OC(c3ccccc3)c3ccccc3)C3=C(C2)CN(Cc2ccc(F)cc2)C3=O)c1. The van der Waals surface area contributed by atoms with E-state index in [1.54, 1.807) is 29.3 Å². The van der Waals surface area contributed by atoms with Crippen LogP contribution in [0.3, 0.4) is 0 Å². The largest absolute Gasteiger partial charge is 0.478 e. The van der Waals surface area contributed by atoms with Crippen LogP contribution < -0.4 is 15.9 Å². The Hall–Kier alpha value is -5.82. The Kier molecular flexibility index (Phi) is 8.67. The Morgan fingerprint density at radius 2 is 1.58 bits per heavy atom. The van der Waals surface area contributed by atoms with E-state index < -0.39 is 6.10 Å². The number of aromatic nitrogens is 1. The van der Waals surface area contributed by atoms with Gasteiger partial charge in [0.2, 0.25) is 5.91 Å². The molecule has 2 amide bonds. The van der Waals surface area contributed by atoms with Crippen LogP contribution in [0.1, 0.15) is 40.3 Å². The van der Waals surface area contributed by atoms with Crippen molar-refractivity contribution in [1.82, 2.24) is 15.2 Å². The average Bonchev–Trinajstić information content (AvgIpc) is 3.34. The van der Waals surface area contributed by atoms with Crippen LogP contribution >= 0.6 is 0 Å². The molecule has 2 heterocycles. The van der Waals surface area contributed by atoms with Crippen molar-refractivity contribution in [3.8, 4) is 0 Å². The van der Waals surface area contributed by atoms with E-state index in [9.17, 15) is 14.0 Å². The Balaban J connectivity index is 1.35. The lowest BCUT2D eigenvalue weighted by atomic mass is 10.00. The number of carbonyl (C=O) groups is 2. The minimum absolute atomic E-state index is 0.220. The molecular formula is C41H34FN3O3. The van der Waals surface area contributed by atoms with Gasteiger partial charge in [-0.15, -0.1) is 0 Å². The van der Waals surface area contributed by atoms with Gasteiger partial charge in [-0.3, -0.25) is 14.6 Å². The molecule has 1 aromatic heterocycles. The molecule has 0 saturated heterocycles. The number of aryl methyl sites for hydroxylation is 1. The number of fused-ring (bicyclic) bond motifs is 1. The van der Waals surface area contributed by atoms with Gasteiger partial charge in [0, 0.05) is 43.0 Å². The van der Waals surface area contributed by atoms with E-state index in [0.29, 0.717) is 40.6 Å². The van der Waals surface area contributed by atoms with Crippen LogP contribution in [0.25, 0.3) is 11.3 Å².